The molecule has 0 aromatic heterocycles. The van der Waals surface area contributed by atoms with E-state index in [1.807, 2.05) is 12.2 Å². The summed E-state index contributed by atoms with van der Waals surface area (Å²) >= 11 is 0. The molecule has 306 valence electrons. The number of phosphoric acid groups is 1. The van der Waals surface area contributed by atoms with Crippen LogP contribution < -0.4 is 5.32 Å². The molecule has 1 amide bonds. The smallest absolute Gasteiger partial charge is 0.472 e. The zero-order valence-electron chi connectivity index (χ0n) is 32.7. The van der Waals surface area contributed by atoms with Gasteiger partial charge in [-0.05, 0) is 64.2 Å². The number of carbonyl (C=O) groups excluding carboxylic acids is 2. The fourth-order valence-electron chi connectivity index (χ4n) is 4.65. The lowest BCUT2D eigenvalue weighted by Gasteiger charge is -2.18. The summed E-state index contributed by atoms with van der Waals surface area (Å²) in [6.07, 6.45) is 43.7. The molecule has 3 unspecified atom stereocenters. The van der Waals surface area contributed by atoms with Gasteiger partial charge in [0.05, 0.1) is 13.2 Å². The number of rotatable bonds is 35. The van der Waals surface area contributed by atoms with Crippen LogP contribution >= 0.6 is 7.82 Å². The number of hydrogen-bond donors (Lipinski definition) is 4. The molecule has 0 spiro atoms. The first-order valence-electron chi connectivity index (χ1n) is 19.6. The molecule has 11 nitrogen and oxygen atoms in total. The number of aliphatic carboxylic acids is 1. The predicted octanol–water partition coefficient (Wildman–Crippen LogP) is 9.55. The van der Waals surface area contributed by atoms with E-state index in [1.165, 1.54) is 6.42 Å². The van der Waals surface area contributed by atoms with E-state index in [2.05, 4.69) is 92.1 Å². The fraction of sp³-hybridized carbons (Fsp3) is 0.595. The molecule has 0 bridgehead atoms. The Bertz CT molecular complexity index is 1240. The van der Waals surface area contributed by atoms with Gasteiger partial charge < -0.3 is 25.2 Å². The van der Waals surface area contributed by atoms with Crippen LogP contribution in [-0.2, 0) is 32.7 Å². The lowest BCUT2D eigenvalue weighted by atomic mass is 10.1. The monoisotopic (exact) mass is 777 g/mol. The molecule has 0 rings (SSSR count). The molecule has 12 heteroatoms. The minimum Gasteiger partial charge on any atom is -0.480 e. The van der Waals surface area contributed by atoms with Crippen LogP contribution in [0.15, 0.2) is 85.1 Å². The number of unbranched alkanes of at least 4 members (excludes halogenated alkanes) is 7. The highest BCUT2D eigenvalue weighted by Gasteiger charge is 2.28. The molecule has 0 aliphatic rings. The molecule has 0 fully saturated rings. The Labute approximate surface area is 324 Å². The maximum Gasteiger partial charge on any atom is 0.472 e. The van der Waals surface area contributed by atoms with E-state index in [9.17, 15) is 34.1 Å². The second kappa shape index (κ2) is 36.6. The first-order valence-corrected chi connectivity index (χ1v) is 21.1. The van der Waals surface area contributed by atoms with Crippen LogP contribution in [0.5, 0.6) is 0 Å². The zero-order chi connectivity index (χ0) is 40.0. The molecular weight excluding hydrogens is 709 g/mol. The Morgan fingerprint density at radius 1 is 0.611 bits per heavy atom. The second-order valence-corrected chi connectivity index (χ2v) is 14.2. The maximum absolute atomic E-state index is 12.2. The normalized spacial score (nSPS) is 14.7. The Morgan fingerprint density at radius 2 is 1.07 bits per heavy atom. The third kappa shape index (κ3) is 35.7. The van der Waals surface area contributed by atoms with Crippen molar-refractivity contribution in [1.82, 2.24) is 5.32 Å². The number of aliphatic hydroxyl groups is 1. The largest absolute Gasteiger partial charge is 0.480 e. The van der Waals surface area contributed by atoms with Gasteiger partial charge in [-0.2, -0.15) is 0 Å². The molecule has 0 aromatic rings. The van der Waals surface area contributed by atoms with Gasteiger partial charge in [0.1, 0.15) is 12.7 Å². The minimum absolute atomic E-state index is 0.136. The summed E-state index contributed by atoms with van der Waals surface area (Å²) in [5.74, 6) is -2.46. The molecule has 0 aliphatic heterocycles. The van der Waals surface area contributed by atoms with E-state index < -0.39 is 57.6 Å². The number of carboxylic acids is 1. The third-order valence-corrected chi connectivity index (χ3v) is 8.65. The van der Waals surface area contributed by atoms with Crippen molar-refractivity contribution in [3.05, 3.63) is 85.1 Å². The lowest BCUT2D eigenvalue weighted by Crippen LogP contribution is -2.43. The van der Waals surface area contributed by atoms with E-state index in [0.29, 0.717) is 19.3 Å². The van der Waals surface area contributed by atoms with E-state index in [0.717, 1.165) is 77.0 Å². The van der Waals surface area contributed by atoms with Crippen molar-refractivity contribution in [1.29, 1.82) is 0 Å². The summed E-state index contributed by atoms with van der Waals surface area (Å²) in [7, 11) is -4.76. The van der Waals surface area contributed by atoms with Gasteiger partial charge in [0.15, 0.2) is 6.04 Å². The quantitative estimate of drug-likeness (QED) is 0.0210. The number of carbonyl (C=O) groups is 3. The van der Waals surface area contributed by atoms with Gasteiger partial charge in [0, 0.05) is 12.8 Å². The Morgan fingerprint density at radius 3 is 1.57 bits per heavy atom. The molecule has 54 heavy (non-hydrogen) atoms. The lowest BCUT2D eigenvalue weighted by molar-refractivity contribution is -0.147. The average molecular weight is 778 g/mol. The van der Waals surface area contributed by atoms with E-state index >= 15 is 0 Å². The molecule has 3 atom stereocenters. The van der Waals surface area contributed by atoms with Crippen molar-refractivity contribution in [2.75, 3.05) is 19.8 Å². The maximum atomic E-state index is 12.2. The number of aliphatic hydroxyl groups excluding tert-OH is 1. The summed E-state index contributed by atoms with van der Waals surface area (Å²) < 4.78 is 26.6. The van der Waals surface area contributed by atoms with Gasteiger partial charge >= 0.3 is 19.8 Å². The Kier molecular flexibility index (Phi) is 34.4. The van der Waals surface area contributed by atoms with Gasteiger partial charge in [0.2, 0.25) is 5.91 Å². The minimum atomic E-state index is -4.76. The summed E-state index contributed by atoms with van der Waals surface area (Å²) in [5, 5.41) is 21.6. The zero-order valence-corrected chi connectivity index (χ0v) is 33.6. The predicted molar refractivity (Wildman–Crippen MR) is 217 cm³/mol. The fourth-order valence-corrected chi connectivity index (χ4v) is 5.43. The highest BCUT2D eigenvalue weighted by atomic mass is 31.2. The first-order chi connectivity index (χ1) is 26.1. The SMILES string of the molecule is CC/C=C\C/C=C\C/C=C\C/C=C\C/C=C\C/C=C\C/C=C\CCCC(=O)OCC(O)COP(=O)(O)OCC(NC(=O)CCCCCCCCC)C(=O)O. The summed E-state index contributed by atoms with van der Waals surface area (Å²) in [4.78, 5) is 45.5. The van der Waals surface area contributed by atoms with Crippen molar-refractivity contribution in [3.8, 4) is 0 Å². The van der Waals surface area contributed by atoms with Crippen molar-refractivity contribution >= 4 is 25.7 Å². The van der Waals surface area contributed by atoms with Crippen LogP contribution in [-0.4, -0.2) is 64.9 Å². The molecule has 0 saturated carbocycles. The number of allylic oxidation sites excluding steroid dienone is 14. The van der Waals surface area contributed by atoms with Crippen LogP contribution in [0, 0.1) is 0 Å². The van der Waals surface area contributed by atoms with E-state index in [4.69, 9.17) is 13.8 Å². The van der Waals surface area contributed by atoms with E-state index in [1.54, 1.807) is 0 Å². The number of hydrogen-bond acceptors (Lipinski definition) is 8. The first kappa shape index (κ1) is 50.7. The van der Waals surface area contributed by atoms with Crippen molar-refractivity contribution in [2.24, 2.45) is 0 Å². The number of ether oxygens (including phenoxy) is 1. The van der Waals surface area contributed by atoms with Crippen molar-refractivity contribution in [2.45, 2.75) is 142 Å². The number of phosphoric ester groups is 1. The topological polar surface area (TPSA) is 169 Å². The van der Waals surface area contributed by atoms with Crippen LogP contribution in [0.2, 0.25) is 0 Å². The number of amides is 1. The number of carboxylic acid groups (broad SMARTS) is 1. The molecule has 0 saturated heterocycles. The molecule has 4 N–H and O–H groups in total. The van der Waals surface area contributed by atoms with E-state index in [-0.39, 0.29) is 12.8 Å². The van der Waals surface area contributed by atoms with Gasteiger partial charge in [-0.3, -0.25) is 18.6 Å². The van der Waals surface area contributed by atoms with Gasteiger partial charge in [-0.15, -0.1) is 0 Å². The summed E-state index contributed by atoms with van der Waals surface area (Å²) in [5.41, 5.74) is 0. The van der Waals surface area contributed by atoms with Gasteiger partial charge in [-0.1, -0.05) is 137 Å². The summed E-state index contributed by atoms with van der Waals surface area (Å²) in [6, 6.07) is -1.55. The molecule has 0 aromatic carbocycles. The standard InChI is InChI=1S/C42H68NO10P/c1-3-5-7-9-11-12-13-14-15-16-17-18-19-20-21-22-23-24-25-26-28-30-32-34-41(46)51-35-38(44)36-52-54(49,50)53-37-39(42(47)48)43-40(45)33-31-29-27-10-8-6-4-2/h5,7,11-12,14-15,17-18,20-21,23-24,26,28,38-39,44H,3-4,6,8-10,13,16,19,22,25,27,29-37H2,1-2H3,(H,43,45)(H,47,48)(H,49,50)/b7-5-,12-11-,15-14-,18-17-,21-20-,24-23-,28-26-. The number of esters is 1. The second-order valence-electron chi connectivity index (χ2n) is 12.7. The van der Waals surface area contributed by atoms with Crippen LogP contribution in [0.4, 0.5) is 0 Å². The Balaban J connectivity index is 4.00. The number of nitrogens with one attached hydrogen (secondary N) is 1. The van der Waals surface area contributed by atoms with Gasteiger partial charge in [-0.25, -0.2) is 9.36 Å². The van der Waals surface area contributed by atoms with Crippen molar-refractivity contribution in [3.63, 3.8) is 0 Å². The molecule has 0 aliphatic carbocycles. The molecule has 0 heterocycles. The Hall–Kier alpha value is -3.34. The molecule has 0 radical (unpaired) electrons. The van der Waals surface area contributed by atoms with Gasteiger partial charge in [0.25, 0.3) is 0 Å². The highest BCUT2D eigenvalue weighted by Crippen LogP contribution is 2.43. The van der Waals surface area contributed by atoms with Crippen LogP contribution in [0.25, 0.3) is 0 Å². The highest BCUT2D eigenvalue weighted by molar-refractivity contribution is 7.47. The van der Waals surface area contributed by atoms with Crippen LogP contribution in [0.1, 0.15) is 129 Å². The van der Waals surface area contributed by atoms with Crippen LogP contribution in [0.3, 0.4) is 0 Å². The van der Waals surface area contributed by atoms with Crippen molar-refractivity contribution < 1.29 is 47.8 Å². The average Bonchev–Trinajstić information content (AvgIpc) is 3.14. The third-order valence-electron chi connectivity index (χ3n) is 7.70. The summed E-state index contributed by atoms with van der Waals surface area (Å²) in [6.45, 7) is 2.31. The molecular formula is C42H68NO10P.